The first kappa shape index (κ1) is 16.2. The van der Waals surface area contributed by atoms with Crippen LogP contribution >= 0.6 is 0 Å². The van der Waals surface area contributed by atoms with Crippen molar-refractivity contribution in [2.45, 2.75) is 39.7 Å². The van der Waals surface area contributed by atoms with Gasteiger partial charge in [0.2, 0.25) is 11.8 Å². The van der Waals surface area contributed by atoms with E-state index in [9.17, 15) is 9.59 Å². The number of nitrogens with zero attached hydrogens (tertiary/aromatic N) is 4. The van der Waals surface area contributed by atoms with Crippen LogP contribution in [-0.4, -0.2) is 44.1 Å². The number of carbonyl (C=O) groups is 2. The zero-order chi connectivity index (χ0) is 17.3. The molecule has 2 aromatic heterocycles. The van der Waals surface area contributed by atoms with Crippen LogP contribution < -0.4 is 5.32 Å². The fourth-order valence-corrected chi connectivity index (χ4v) is 3.09. The molecule has 0 unspecified atom stereocenters. The van der Waals surface area contributed by atoms with E-state index in [1.165, 1.54) is 6.92 Å². The molecule has 1 N–H and O–H groups in total. The van der Waals surface area contributed by atoms with Crippen molar-refractivity contribution in [1.82, 2.24) is 19.7 Å². The van der Waals surface area contributed by atoms with Crippen molar-refractivity contribution < 1.29 is 9.59 Å². The van der Waals surface area contributed by atoms with E-state index >= 15 is 0 Å². The molecule has 1 atom stereocenters. The van der Waals surface area contributed by atoms with Gasteiger partial charge in [-0.3, -0.25) is 9.59 Å². The van der Waals surface area contributed by atoms with Crippen LogP contribution in [-0.2, 0) is 9.59 Å². The minimum Gasteiger partial charge on any atom is -0.331 e. The average Bonchev–Trinajstić information content (AvgIpc) is 3.14. The Morgan fingerprint density at radius 3 is 2.67 bits per heavy atom. The Morgan fingerprint density at radius 2 is 2.08 bits per heavy atom. The Balaban J connectivity index is 1.71. The van der Waals surface area contributed by atoms with E-state index in [-0.39, 0.29) is 11.8 Å². The van der Waals surface area contributed by atoms with Crippen LogP contribution in [0.2, 0.25) is 0 Å². The van der Waals surface area contributed by atoms with Gasteiger partial charge in [-0.15, -0.1) is 0 Å². The molecule has 7 nitrogen and oxygen atoms in total. The van der Waals surface area contributed by atoms with Crippen LogP contribution in [0.4, 0.5) is 5.69 Å². The number of hydrogen-bond acceptors (Lipinski definition) is 4. The van der Waals surface area contributed by atoms with Crippen molar-refractivity contribution in [3.8, 4) is 5.82 Å². The van der Waals surface area contributed by atoms with E-state index in [1.807, 2.05) is 26.0 Å². The Labute approximate surface area is 140 Å². The summed E-state index contributed by atoms with van der Waals surface area (Å²) in [6.07, 6.45) is 3.16. The third-order valence-electron chi connectivity index (χ3n) is 4.20. The van der Waals surface area contributed by atoms with Crippen molar-refractivity contribution in [3.63, 3.8) is 0 Å². The fourth-order valence-electron chi connectivity index (χ4n) is 3.09. The molecule has 24 heavy (non-hydrogen) atoms. The Morgan fingerprint density at radius 1 is 1.29 bits per heavy atom. The van der Waals surface area contributed by atoms with Gasteiger partial charge >= 0.3 is 0 Å². The Kier molecular flexibility index (Phi) is 4.33. The maximum Gasteiger partial charge on any atom is 0.247 e. The monoisotopic (exact) mass is 327 g/mol. The second-order valence-electron chi connectivity index (χ2n) is 6.10. The number of rotatable bonds is 3. The van der Waals surface area contributed by atoms with Gasteiger partial charge in [0.05, 0.1) is 17.6 Å². The summed E-state index contributed by atoms with van der Waals surface area (Å²) in [5.74, 6) is 0.471. The zero-order valence-corrected chi connectivity index (χ0v) is 14.1. The summed E-state index contributed by atoms with van der Waals surface area (Å²) < 4.78 is 1.76. The molecule has 0 bridgehead atoms. The van der Waals surface area contributed by atoms with Crippen molar-refractivity contribution in [2.24, 2.45) is 0 Å². The van der Waals surface area contributed by atoms with Gasteiger partial charge in [-0.25, -0.2) is 9.67 Å². The molecular formula is C17H21N5O2. The number of amides is 2. The first-order chi connectivity index (χ1) is 11.5. The average molecular weight is 327 g/mol. The van der Waals surface area contributed by atoms with Crippen LogP contribution in [0.25, 0.3) is 5.82 Å². The second-order valence-corrected chi connectivity index (χ2v) is 6.10. The minimum atomic E-state index is -0.391. The van der Waals surface area contributed by atoms with Crippen LogP contribution in [0.15, 0.2) is 24.4 Å². The van der Waals surface area contributed by atoms with Crippen molar-refractivity contribution in [2.75, 3.05) is 11.9 Å². The van der Waals surface area contributed by atoms with Crippen LogP contribution in [0.1, 0.15) is 31.2 Å². The Hall–Kier alpha value is -2.70. The summed E-state index contributed by atoms with van der Waals surface area (Å²) in [6.45, 7) is 6.03. The maximum atomic E-state index is 12.4. The van der Waals surface area contributed by atoms with Gasteiger partial charge in [0.15, 0.2) is 5.82 Å². The number of hydrogen-bond donors (Lipinski definition) is 1. The molecule has 2 amide bonds. The summed E-state index contributed by atoms with van der Waals surface area (Å²) in [5.41, 5.74) is 2.54. The number of anilines is 1. The quantitative estimate of drug-likeness (QED) is 0.933. The van der Waals surface area contributed by atoms with Gasteiger partial charge in [-0.2, -0.15) is 5.10 Å². The maximum absolute atomic E-state index is 12.4. The van der Waals surface area contributed by atoms with E-state index in [0.717, 1.165) is 17.8 Å². The number of aryl methyl sites for hydroxylation is 2. The lowest BCUT2D eigenvalue weighted by molar-refractivity contribution is -0.134. The van der Waals surface area contributed by atoms with Gasteiger partial charge < -0.3 is 10.2 Å². The first-order valence-corrected chi connectivity index (χ1v) is 8.03. The third-order valence-corrected chi connectivity index (χ3v) is 4.20. The van der Waals surface area contributed by atoms with Crippen LogP contribution in [0.5, 0.6) is 0 Å². The zero-order valence-electron chi connectivity index (χ0n) is 14.1. The molecule has 0 aromatic carbocycles. The summed E-state index contributed by atoms with van der Waals surface area (Å²) in [4.78, 5) is 29.9. The first-order valence-electron chi connectivity index (χ1n) is 8.03. The highest BCUT2D eigenvalue weighted by molar-refractivity contribution is 5.97. The normalized spacial score (nSPS) is 17.1. The topological polar surface area (TPSA) is 80.1 Å². The molecule has 2 aromatic rings. The summed E-state index contributed by atoms with van der Waals surface area (Å²) >= 11 is 0. The van der Waals surface area contributed by atoms with Crippen LogP contribution in [0, 0.1) is 13.8 Å². The van der Waals surface area contributed by atoms with E-state index in [4.69, 9.17) is 0 Å². The van der Waals surface area contributed by atoms with Gasteiger partial charge in [0.1, 0.15) is 6.04 Å². The van der Waals surface area contributed by atoms with E-state index in [0.29, 0.717) is 24.5 Å². The van der Waals surface area contributed by atoms with Crippen molar-refractivity contribution >= 4 is 17.5 Å². The molecule has 1 fully saturated rings. The predicted molar refractivity (Wildman–Crippen MR) is 89.9 cm³/mol. The third kappa shape index (κ3) is 3.15. The molecular weight excluding hydrogens is 306 g/mol. The highest BCUT2D eigenvalue weighted by Crippen LogP contribution is 2.19. The molecule has 3 rings (SSSR count). The van der Waals surface area contributed by atoms with Crippen molar-refractivity contribution in [1.29, 1.82) is 0 Å². The molecule has 0 spiro atoms. The van der Waals surface area contributed by atoms with Gasteiger partial charge in [0, 0.05) is 19.2 Å². The highest BCUT2D eigenvalue weighted by atomic mass is 16.2. The summed E-state index contributed by atoms with van der Waals surface area (Å²) in [7, 11) is 0. The summed E-state index contributed by atoms with van der Waals surface area (Å²) in [5, 5.41) is 7.23. The lowest BCUT2D eigenvalue weighted by atomic mass is 10.2. The fraction of sp³-hybridized carbons (Fsp3) is 0.412. The van der Waals surface area contributed by atoms with Gasteiger partial charge in [-0.05, 0) is 44.9 Å². The van der Waals surface area contributed by atoms with E-state index in [2.05, 4.69) is 15.4 Å². The standard InChI is InChI=1S/C17H21N5O2/c1-11-9-12(2)22(20-11)16-7-6-14(10-18-16)19-17(24)15-5-4-8-21(15)13(3)23/h6-7,9-10,15H,4-5,8H2,1-3H3,(H,19,24)/t15-/m1/s1. The molecule has 1 aliphatic heterocycles. The molecule has 0 radical (unpaired) electrons. The van der Waals surface area contributed by atoms with Crippen LogP contribution in [0.3, 0.4) is 0 Å². The van der Waals surface area contributed by atoms with Gasteiger partial charge in [0.25, 0.3) is 0 Å². The lowest BCUT2D eigenvalue weighted by Gasteiger charge is -2.22. The summed E-state index contributed by atoms with van der Waals surface area (Å²) in [6, 6.07) is 5.20. The number of likely N-dealkylation sites (tertiary alicyclic amines) is 1. The van der Waals surface area contributed by atoms with E-state index < -0.39 is 6.04 Å². The van der Waals surface area contributed by atoms with Crippen molar-refractivity contribution in [3.05, 3.63) is 35.8 Å². The predicted octanol–water partition coefficient (Wildman–Crippen LogP) is 1.83. The largest absolute Gasteiger partial charge is 0.331 e. The number of nitrogens with one attached hydrogen (secondary N) is 1. The molecule has 0 aliphatic carbocycles. The lowest BCUT2D eigenvalue weighted by Crippen LogP contribution is -2.42. The number of pyridine rings is 1. The molecule has 126 valence electrons. The second kappa shape index (κ2) is 6.43. The van der Waals surface area contributed by atoms with Gasteiger partial charge in [-0.1, -0.05) is 0 Å². The highest BCUT2D eigenvalue weighted by Gasteiger charge is 2.32. The van der Waals surface area contributed by atoms with E-state index in [1.54, 1.807) is 21.8 Å². The smallest absolute Gasteiger partial charge is 0.247 e. The molecule has 1 saturated heterocycles. The molecule has 3 heterocycles. The SMILES string of the molecule is CC(=O)N1CCC[C@@H]1C(=O)Nc1ccc(-n2nc(C)cc2C)nc1. The Bertz CT molecular complexity index is 766. The molecule has 0 saturated carbocycles. The molecule has 7 heteroatoms. The number of carbonyl (C=O) groups excluding carboxylic acids is 2. The molecule has 1 aliphatic rings. The number of aromatic nitrogens is 3. The minimum absolute atomic E-state index is 0.0642.